The largest absolute Gasteiger partial charge is 0.489 e. The predicted molar refractivity (Wildman–Crippen MR) is 87.6 cm³/mol. The van der Waals surface area contributed by atoms with Crippen LogP contribution in [0.2, 0.25) is 0 Å². The van der Waals surface area contributed by atoms with Gasteiger partial charge in [0.1, 0.15) is 18.4 Å². The van der Waals surface area contributed by atoms with Crippen LogP contribution >= 0.6 is 0 Å². The second-order valence-corrected chi connectivity index (χ2v) is 5.19. The fourth-order valence-corrected chi connectivity index (χ4v) is 2.09. The van der Waals surface area contributed by atoms with E-state index in [4.69, 9.17) is 10.5 Å². The highest BCUT2D eigenvalue weighted by molar-refractivity contribution is 5.75. The van der Waals surface area contributed by atoms with Gasteiger partial charge in [0.25, 0.3) is 5.69 Å². The van der Waals surface area contributed by atoms with E-state index >= 15 is 0 Å². The summed E-state index contributed by atoms with van der Waals surface area (Å²) in [4.78, 5) is 21.5. The van der Waals surface area contributed by atoms with Crippen LogP contribution < -0.4 is 10.5 Å². The fraction of sp³-hybridized carbons (Fsp3) is 0.235. The molecule has 0 aliphatic heterocycles. The van der Waals surface area contributed by atoms with E-state index in [-0.39, 0.29) is 5.69 Å². The van der Waals surface area contributed by atoms with E-state index in [0.29, 0.717) is 18.8 Å². The molecule has 0 radical (unpaired) electrons. The Balaban J connectivity index is 1.89. The van der Waals surface area contributed by atoms with E-state index in [2.05, 4.69) is 4.74 Å². The second-order valence-electron chi connectivity index (χ2n) is 5.19. The van der Waals surface area contributed by atoms with Crippen LogP contribution in [-0.4, -0.2) is 24.0 Å². The van der Waals surface area contributed by atoms with Crippen molar-refractivity contribution in [1.29, 1.82) is 0 Å². The number of benzene rings is 2. The molecule has 0 spiro atoms. The summed E-state index contributed by atoms with van der Waals surface area (Å²) in [6, 6.07) is 12.7. The van der Waals surface area contributed by atoms with Gasteiger partial charge in [-0.05, 0) is 41.8 Å². The molecule has 0 aromatic heterocycles. The minimum absolute atomic E-state index is 0.0463. The number of rotatable bonds is 7. The Kier molecular flexibility index (Phi) is 5.86. The third kappa shape index (κ3) is 4.79. The zero-order valence-corrected chi connectivity index (χ0v) is 13.2. The van der Waals surface area contributed by atoms with Gasteiger partial charge in [-0.2, -0.15) is 0 Å². The van der Waals surface area contributed by atoms with Crippen molar-refractivity contribution in [2.75, 3.05) is 7.11 Å². The number of hydrogen-bond donors (Lipinski definition) is 1. The standard InChI is InChI=1S/C17H18N2O5/c1-23-17(20)16(18)10-12-4-8-15(9-5-12)24-11-13-2-6-14(7-3-13)19(21)22/h2-9,16H,10-11,18H2,1H3/t16-/m0/s1. The highest BCUT2D eigenvalue weighted by Gasteiger charge is 2.14. The van der Waals surface area contributed by atoms with Crippen molar-refractivity contribution in [2.45, 2.75) is 19.1 Å². The topological polar surface area (TPSA) is 105 Å². The Labute approximate surface area is 139 Å². The van der Waals surface area contributed by atoms with Crippen LogP contribution in [0.3, 0.4) is 0 Å². The number of esters is 1. The van der Waals surface area contributed by atoms with Crippen LogP contribution in [0.4, 0.5) is 5.69 Å². The number of nitrogens with zero attached hydrogens (tertiary/aromatic N) is 1. The molecule has 2 rings (SSSR count). The Hall–Kier alpha value is -2.93. The first-order valence-electron chi connectivity index (χ1n) is 7.28. The summed E-state index contributed by atoms with van der Waals surface area (Å²) < 4.78 is 10.2. The van der Waals surface area contributed by atoms with Crippen LogP contribution in [0.5, 0.6) is 5.75 Å². The van der Waals surface area contributed by atoms with Gasteiger partial charge in [-0.25, -0.2) is 0 Å². The van der Waals surface area contributed by atoms with Crippen molar-refractivity contribution >= 4 is 11.7 Å². The molecule has 0 aliphatic carbocycles. The molecule has 1 atom stereocenters. The summed E-state index contributed by atoms with van der Waals surface area (Å²) in [6.07, 6.45) is 0.384. The molecular weight excluding hydrogens is 312 g/mol. The van der Waals surface area contributed by atoms with E-state index in [1.54, 1.807) is 24.3 Å². The molecule has 126 valence electrons. The van der Waals surface area contributed by atoms with Crippen molar-refractivity contribution in [3.05, 3.63) is 69.8 Å². The van der Waals surface area contributed by atoms with Gasteiger partial charge in [-0.3, -0.25) is 14.9 Å². The maximum Gasteiger partial charge on any atom is 0.322 e. The van der Waals surface area contributed by atoms with Gasteiger partial charge in [-0.1, -0.05) is 12.1 Å². The number of methoxy groups -OCH3 is 1. The van der Waals surface area contributed by atoms with Crippen molar-refractivity contribution < 1.29 is 19.2 Å². The van der Waals surface area contributed by atoms with Gasteiger partial charge in [0.2, 0.25) is 0 Å². The lowest BCUT2D eigenvalue weighted by molar-refractivity contribution is -0.384. The zero-order valence-electron chi connectivity index (χ0n) is 13.2. The van der Waals surface area contributed by atoms with Crippen molar-refractivity contribution in [3.63, 3.8) is 0 Å². The summed E-state index contributed by atoms with van der Waals surface area (Å²) in [7, 11) is 1.30. The second kappa shape index (κ2) is 8.07. The molecule has 7 nitrogen and oxygen atoms in total. The Bertz CT molecular complexity index is 698. The molecule has 24 heavy (non-hydrogen) atoms. The summed E-state index contributed by atoms with van der Waals surface area (Å²) in [5, 5.41) is 10.6. The number of hydrogen-bond acceptors (Lipinski definition) is 6. The van der Waals surface area contributed by atoms with Gasteiger partial charge < -0.3 is 15.2 Å². The average molecular weight is 330 g/mol. The summed E-state index contributed by atoms with van der Waals surface area (Å²) in [5.74, 6) is 0.206. The predicted octanol–water partition coefficient (Wildman–Crippen LogP) is 2.22. The number of non-ortho nitro benzene ring substituents is 1. The van der Waals surface area contributed by atoms with Crippen LogP contribution in [0.15, 0.2) is 48.5 Å². The average Bonchev–Trinajstić information content (AvgIpc) is 2.60. The molecular formula is C17H18N2O5. The van der Waals surface area contributed by atoms with E-state index in [0.717, 1.165) is 11.1 Å². The third-order valence-electron chi connectivity index (χ3n) is 3.44. The van der Waals surface area contributed by atoms with Crippen LogP contribution in [0.25, 0.3) is 0 Å². The van der Waals surface area contributed by atoms with Crippen molar-refractivity contribution in [1.82, 2.24) is 0 Å². The first kappa shape index (κ1) is 17.4. The van der Waals surface area contributed by atoms with Gasteiger partial charge in [-0.15, -0.1) is 0 Å². The minimum atomic E-state index is -0.693. The van der Waals surface area contributed by atoms with Gasteiger partial charge in [0, 0.05) is 12.1 Å². The van der Waals surface area contributed by atoms with Gasteiger partial charge in [0.05, 0.1) is 12.0 Å². The highest BCUT2D eigenvalue weighted by atomic mass is 16.6. The van der Waals surface area contributed by atoms with E-state index in [1.807, 2.05) is 12.1 Å². The Morgan fingerprint density at radius 3 is 2.25 bits per heavy atom. The smallest absolute Gasteiger partial charge is 0.322 e. The summed E-state index contributed by atoms with van der Waals surface area (Å²) in [6.45, 7) is 0.305. The number of nitro benzene ring substituents is 1. The molecule has 0 fully saturated rings. The number of ether oxygens (including phenoxy) is 2. The van der Waals surface area contributed by atoms with E-state index < -0.39 is 16.9 Å². The lowest BCUT2D eigenvalue weighted by Gasteiger charge is -2.10. The first-order valence-corrected chi connectivity index (χ1v) is 7.28. The summed E-state index contributed by atoms with van der Waals surface area (Å²) in [5.41, 5.74) is 7.49. The minimum Gasteiger partial charge on any atom is -0.489 e. The molecule has 7 heteroatoms. The molecule has 0 aliphatic rings. The molecule has 0 bridgehead atoms. The Morgan fingerprint density at radius 2 is 1.71 bits per heavy atom. The number of carbonyl (C=O) groups is 1. The molecule has 0 saturated carbocycles. The highest BCUT2D eigenvalue weighted by Crippen LogP contribution is 2.17. The maximum absolute atomic E-state index is 11.3. The normalized spacial score (nSPS) is 11.6. The Morgan fingerprint density at radius 1 is 1.12 bits per heavy atom. The molecule has 0 amide bonds. The van der Waals surface area contributed by atoms with Crippen molar-refractivity contribution in [3.8, 4) is 5.75 Å². The molecule has 2 N–H and O–H groups in total. The lowest BCUT2D eigenvalue weighted by Crippen LogP contribution is -2.33. The van der Waals surface area contributed by atoms with Crippen LogP contribution in [-0.2, 0) is 22.6 Å². The van der Waals surface area contributed by atoms with E-state index in [9.17, 15) is 14.9 Å². The molecule has 0 saturated heterocycles. The fourth-order valence-electron chi connectivity index (χ4n) is 2.09. The SMILES string of the molecule is COC(=O)[C@@H](N)Cc1ccc(OCc2ccc([N+](=O)[O-])cc2)cc1. The number of nitro groups is 1. The lowest BCUT2D eigenvalue weighted by atomic mass is 10.1. The molecule has 0 heterocycles. The van der Waals surface area contributed by atoms with Gasteiger partial charge in [0.15, 0.2) is 0 Å². The monoisotopic (exact) mass is 330 g/mol. The molecule has 2 aromatic carbocycles. The quantitative estimate of drug-likeness (QED) is 0.474. The van der Waals surface area contributed by atoms with E-state index in [1.165, 1.54) is 19.2 Å². The molecule has 2 aromatic rings. The van der Waals surface area contributed by atoms with Crippen molar-refractivity contribution in [2.24, 2.45) is 5.73 Å². The van der Waals surface area contributed by atoms with Crippen LogP contribution in [0.1, 0.15) is 11.1 Å². The van der Waals surface area contributed by atoms with Crippen LogP contribution in [0, 0.1) is 10.1 Å². The first-order chi connectivity index (χ1) is 11.5. The third-order valence-corrected chi connectivity index (χ3v) is 3.44. The zero-order chi connectivity index (χ0) is 17.5. The maximum atomic E-state index is 11.3. The number of nitrogens with two attached hydrogens (primary N) is 1. The van der Waals surface area contributed by atoms with Gasteiger partial charge >= 0.3 is 5.97 Å². The summed E-state index contributed by atoms with van der Waals surface area (Å²) >= 11 is 0. The number of carbonyl (C=O) groups excluding carboxylic acids is 1. The molecule has 0 unspecified atom stereocenters.